The number of carbonyl (C=O) groups is 1. The van der Waals surface area contributed by atoms with Crippen molar-refractivity contribution < 1.29 is 89.4 Å². The lowest BCUT2D eigenvalue weighted by molar-refractivity contribution is -0.379. The molecule has 12 N–H and O–H groups in total. The number of carbonyl (C=O) groups excluding carboxylic acids is 1. The van der Waals surface area contributed by atoms with Crippen LogP contribution in [0.5, 0.6) is 0 Å². The molecule has 0 aromatic rings. The van der Waals surface area contributed by atoms with Gasteiger partial charge in [-0.05, 0) is 38.5 Å². The molecule has 3 fully saturated rings. The number of unbranched alkanes of at least 4 members (excludes halogenated alkanes) is 44. The van der Waals surface area contributed by atoms with Crippen LogP contribution in [0.3, 0.4) is 0 Å². The molecule has 17 unspecified atom stereocenters. The molecule has 0 saturated carbocycles. The van der Waals surface area contributed by atoms with E-state index in [1.54, 1.807) is 0 Å². The Morgan fingerprint density at radius 3 is 1.03 bits per heavy atom. The average molecular weight is 1350 g/mol. The number of allylic oxidation sites excluding steroid dienone is 2. The van der Waals surface area contributed by atoms with Gasteiger partial charge in [-0.15, -0.1) is 0 Å². The van der Waals surface area contributed by atoms with E-state index in [0.29, 0.717) is 12.8 Å². The maximum atomic E-state index is 13.4. The molecule has 3 aliphatic rings. The normalized spacial score (nSPS) is 27.4. The Morgan fingerprint density at radius 1 is 0.372 bits per heavy atom. The molecule has 0 aliphatic carbocycles. The van der Waals surface area contributed by atoms with Crippen LogP contribution in [0.2, 0.25) is 0 Å². The zero-order valence-corrected chi connectivity index (χ0v) is 59.2. The van der Waals surface area contributed by atoms with E-state index in [-0.39, 0.29) is 18.9 Å². The van der Waals surface area contributed by atoms with Gasteiger partial charge in [-0.1, -0.05) is 296 Å². The lowest BCUT2D eigenvalue weighted by Crippen LogP contribution is -2.66. The van der Waals surface area contributed by atoms with E-state index in [1.165, 1.54) is 238 Å². The standard InChI is InChI=1S/C75H143NO18/c1-3-5-7-9-11-13-15-17-19-21-22-23-24-25-26-27-28-29-30-31-32-33-34-35-37-38-40-42-44-46-48-50-52-59(80)58(76-63(81)53-51-49-47-45-43-41-39-36-20-18-16-14-12-10-8-6-4-2)57-89-73-69(87)66(84)71(61(55-78)91-73)94-75-70(88)67(85)72(62(56-79)92-75)93-74-68(86)65(83)64(82)60(54-77)90-74/h18,20,58-62,64-75,77-80,82-88H,3-17,19,21-57H2,1-2H3,(H,76,81)/b20-18-. The molecular formula is C75H143NO18. The Balaban J connectivity index is 1.35. The zero-order chi connectivity index (χ0) is 68.2. The summed E-state index contributed by atoms with van der Waals surface area (Å²) in [5.74, 6) is -0.242. The summed E-state index contributed by atoms with van der Waals surface area (Å²) in [6.07, 6.45) is 38.8. The predicted molar refractivity (Wildman–Crippen MR) is 370 cm³/mol. The molecule has 3 saturated heterocycles. The van der Waals surface area contributed by atoms with Gasteiger partial charge in [-0.3, -0.25) is 4.79 Å². The van der Waals surface area contributed by atoms with Crippen molar-refractivity contribution in [3.8, 4) is 0 Å². The summed E-state index contributed by atoms with van der Waals surface area (Å²) < 4.78 is 34.5. The second kappa shape index (κ2) is 57.2. The number of hydrogen-bond acceptors (Lipinski definition) is 18. The second-order valence-electron chi connectivity index (χ2n) is 28.2. The van der Waals surface area contributed by atoms with Crippen LogP contribution in [-0.4, -0.2) is 193 Å². The van der Waals surface area contributed by atoms with Gasteiger partial charge in [-0.2, -0.15) is 0 Å². The molecule has 0 aromatic carbocycles. The minimum atomic E-state index is -1.97. The molecule has 3 aliphatic heterocycles. The van der Waals surface area contributed by atoms with E-state index in [0.717, 1.165) is 57.8 Å². The lowest BCUT2D eigenvalue weighted by Gasteiger charge is -2.48. The van der Waals surface area contributed by atoms with Crippen molar-refractivity contribution >= 4 is 5.91 Å². The van der Waals surface area contributed by atoms with Gasteiger partial charge < -0.3 is 89.9 Å². The van der Waals surface area contributed by atoms with Gasteiger partial charge in [0.2, 0.25) is 5.91 Å². The predicted octanol–water partition coefficient (Wildman–Crippen LogP) is 12.0. The molecule has 0 spiro atoms. The van der Waals surface area contributed by atoms with Gasteiger partial charge in [0.15, 0.2) is 18.9 Å². The fraction of sp³-hybridized carbons (Fsp3) is 0.960. The van der Waals surface area contributed by atoms with Crippen LogP contribution in [0, 0.1) is 0 Å². The molecule has 556 valence electrons. The van der Waals surface area contributed by atoms with E-state index >= 15 is 0 Å². The Kier molecular flexibility index (Phi) is 52.8. The number of nitrogens with one attached hydrogen (secondary N) is 1. The van der Waals surface area contributed by atoms with Crippen molar-refractivity contribution in [2.45, 2.75) is 433 Å². The molecule has 1 amide bonds. The Morgan fingerprint density at radius 2 is 0.670 bits per heavy atom. The molecule has 0 radical (unpaired) electrons. The molecule has 0 aromatic heterocycles. The van der Waals surface area contributed by atoms with Crippen molar-refractivity contribution in [3.63, 3.8) is 0 Å². The van der Waals surface area contributed by atoms with Crippen molar-refractivity contribution in [2.24, 2.45) is 0 Å². The number of aliphatic hydroxyl groups is 11. The summed E-state index contributed by atoms with van der Waals surface area (Å²) in [6, 6.07) is -0.888. The Bertz CT molecular complexity index is 1750. The molecule has 3 heterocycles. The number of ether oxygens (including phenoxy) is 6. The zero-order valence-electron chi connectivity index (χ0n) is 59.2. The van der Waals surface area contributed by atoms with Gasteiger partial charge >= 0.3 is 0 Å². The van der Waals surface area contributed by atoms with Gasteiger partial charge in [0.05, 0.1) is 38.6 Å². The van der Waals surface area contributed by atoms with Crippen LogP contribution >= 0.6 is 0 Å². The molecule has 17 atom stereocenters. The first-order valence-electron chi connectivity index (χ1n) is 38.9. The third kappa shape index (κ3) is 37.8. The van der Waals surface area contributed by atoms with Crippen LogP contribution in [-0.2, 0) is 33.2 Å². The van der Waals surface area contributed by atoms with Gasteiger partial charge in [0.1, 0.15) is 73.2 Å². The third-order valence-electron chi connectivity index (χ3n) is 19.8. The number of amides is 1. The van der Waals surface area contributed by atoms with Crippen LogP contribution in [0.25, 0.3) is 0 Å². The number of hydrogen-bond donors (Lipinski definition) is 12. The molecule has 19 heteroatoms. The van der Waals surface area contributed by atoms with Crippen molar-refractivity contribution in [2.75, 3.05) is 26.4 Å². The fourth-order valence-electron chi connectivity index (χ4n) is 13.5. The van der Waals surface area contributed by atoms with Crippen LogP contribution < -0.4 is 5.32 Å². The maximum Gasteiger partial charge on any atom is 0.220 e. The van der Waals surface area contributed by atoms with Crippen LogP contribution in [0.4, 0.5) is 0 Å². The highest BCUT2D eigenvalue weighted by Crippen LogP contribution is 2.33. The first kappa shape index (κ1) is 86.8. The van der Waals surface area contributed by atoms with E-state index in [2.05, 4.69) is 31.3 Å². The van der Waals surface area contributed by atoms with E-state index in [9.17, 15) is 61.0 Å². The Hall–Kier alpha value is -1.47. The second-order valence-corrected chi connectivity index (χ2v) is 28.2. The van der Waals surface area contributed by atoms with E-state index < -0.39 is 124 Å². The topological polar surface area (TPSA) is 307 Å². The fourth-order valence-corrected chi connectivity index (χ4v) is 13.5. The lowest BCUT2D eigenvalue weighted by atomic mass is 9.96. The van der Waals surface area contributed by atoms with E-state index in [1.807, 2.05) is 0 Å². The minimum Gasteiger partial charge on any atom is -0.394 e. The van der Waals surface area contributed by atoms with Gasteiger partial charge in [-0.25, -0.2) is 0 Å². The highest BCUT2D eigenvalue weighted by atomic mass is 16.8. The van der Waals surface area contributed by atoms with Crippen LogP contribution in [0.1, 0.15) is 328 Å². The molecular weight excluding hydrogens is 1200 g/mol. The Labute approximate surface area is 569 Å². The molecule has 0 bridgehead atoms. The minimum absolute atomic E-state index is 0.242. The highest BCUT2D eigenvalue weighted by molar-refractivity contribution is 5.76. The SMILES string of the molecule is CCCCCCCC/C=C\CCCCCCCCCC(=O)NC(COC1OC(CO)C(OC2OC(CO)C(OC3OC(CO)C(O)C(O)C3O)C(O)C2O)C(O)C1O)C(O)CCCCCCCCCCCCCCCCCCCCCCCCCCCCCCCCCC. The number of aliphatic hydroxyl groups excluding tert-OH is 11. The smallest absolute Gasteiger partial charge is 0.220 e. The quantitative estimate of drug-likeness (QED) is 0.0199. The molecule has 3 rings (SSSR count). The monoisotopic (exact) mass is 1350 g/mol. The van der Waals surface area contributed by atoms with Crippen molar-refractivity contribution in [1.82, 2.24) is 5.32 Å². The summed E-state index contributed by atoms with van der Waals surface area (Å²) in [4.78, 5) is 13.4. The van der Waals surface area contributed by atoms with Crippen LogP contribution in [0.15, 0.2) is 12.2 Å². The number of rotatable bonds is 62. The first-order chi connectivity index (χ1) is 45.8. The average Bonchev–Trinajstić information content (AvgIpc) is 0.787. The summed E-state index contributed by atoms with van der Waals surface area (Å²) in [5.41, 5.74) is 0. The summed E-state index contributed by atoms with van der Waals surface area (Å²) in [7, 11) is 0. The van der Waals surface area contributed by atoms with Crippen molar-refractivity contribution in [3.05, 3.63) is 12.2 Å². The molecule has 19 nitrogen and oxygen atoms in total. The summed E-state index contributed by atoms with van der Waals surface area (Å²) in [6.45, 7) is 1.84. The summed E-state index contributed by atoms with van der Waals surface area (Å²) >= 11 is 0. The highest BCUT2D eigenvalue weighted by Gasteiger charge is 2.54. The maximum absolute atomic E-state index is 13.4. The van der Waals surface area contributed by atoms with Crippen molar-refractivity contribution in [1.29, 1.82) is 0 Å². The first-order valence-corrected chi connectivity index (χ1v) is 38.9. The van der Waals surface area contributed by atoms with Gasteiger partial charge in [0, 0.05) is 6.42 Å². The van der Waals surface area contributed by atoms with E-state index in [4.69, 9.17) is 28.4 Å². The largest absolute Gasteiger partial charge is 0.394 e. The van der Waals surface area contributed by atoms with Gasteiger partial charge in [0.25, 0.3) is 0 Å². The third-order valence-corrected chi connectivity index (χ3v) is 19.8. The molecule has 94 heavy (non-hydrogen) atoms. The summed E-state index contributed by atoms with van der Waals surface area (Å²) in [5, 5.41) is 121.